The van der Waals surface area contributed by atoms with Gasteiger partial charge in [0.2, 0.25) is 11.5 Å². The molecule has 0 amide bonds. The molecule has 0 saturated carbocycles. The minimum atomic E-state index is -0.749. The molecule has 0 spiro atoms. The van der Waals surface area contributed by atoms with Gasteiger partial charge < -0.3 is 14.6 Å². The van der Waals surface area contributed by atoms with E-state index in [-0.39, 0.29) is 17.2 Å². The number of carbonyl (C=O) groups is 1. The maximum absolute atomic E-state index is 12.6. The van der Waals surface area contributed by atoms with Gasteiger partial charge in [0.05, 0.1) is 22.1 Å². The van der Waals surface area contributed by atoms with Crippen LogP contribution in [0.3, 0.4) is 0 Å². The summed E-state index contributed by atoms with van der Waals surface area (Å²) in [5.41, 5.74) is 3.28. The summed E-state index contributed by atoms with van der Waals surface area (Å²) < 4.78 is 5.94. The molecule has 1 N–H and O–H groups in total. The average molecular weight is 366 g/mol. The van der Waals surface area contributed by atoms with Crippen molar-refractivity contribution in [3.8, 4) is 11.6 Å². The standard InChI is InChI=1S/C18H14N4O3S/c1-11-6-8-12(9-7-11)22-16(17(24)25-21-22)15(23)10-26-18-19-13-4-2-3-5-14(13)20-18/h2-9H,10H2,1H3,(H-,19,20,21,23,24). The number of aromatic amines is 1. The second kappa shape index (κ2) is 6.64. The molecule has 0 aliphatic carbocycles. The quantitative estimate of drug-likeness (QED) is 0.330. The SMILES string of the molecule is Cc1ccc(-[n+]2noc([O-])c2C(=O)CSc2nc3ccccc3[nH]2)cc1. The summed E-state index contributed by atoms with van der Waals surface area (Å²) in [7, 11) is 0. The Morgan fingerprint density at radius 1 is 1.23 bits per heavy atom. The Balaban J connectivity index is 1.56. The van der Waals surface area contributed by atoms with Gasteiger partial charge in [-0.05, 0) is 23.7 Å². The summed E-state index contributed by atoms with van der Waals surface area (Å²) in [5, 5.41) is 16.3. The van der Waals surface area contributed by atoms with E-state index in [4.69, 9.17) is 4.52 Å². The number of hydrogen-bond donors (Lipinski definition) is 1. The maximum Gasteiger partial charge on any atom is 0.307 e. The molecule has 4 aromatic rings. The van der Waals surface area contributed by atoms with Crippen LogP contribution in [-0.4, -0.2) is 26.8 Å². The first-order valence-corrected chi connectivity index (χ1v) is 8.87. The largest absolute Gasteiger partial charge is 0.539 e. The van der Waals surface area contributed by atoms with Crippen molar-refractivity contribution in [3.05, 3.63) is 59.8 Å². The number of aryl methyl sites for hydroxylation is 1. The van der Waals surface area contributed by atoms with Crippen LogP contribution in [-0.2, 0) is 0 Å². The number of nitrogens with one attached hydrogen (secondary N) is 1. The lowest BCUT2D eigenvalue weighted by Crippen LogP contribution is -2.39. The van der Waals surface area contributed by atoms with E-state index in [9.17, 15) is 9.90 Å². The zero-order chi connectivity index (χ0) is 18.1. The van der Waals surface area contributed by atoms with Gasteiger partial charge in [0.25, 0.3) is 0 Å². The average Bonchev–Trinajstić information content (AvgIpc) is 3.23. The molecule has 2 aromatic carbocycles. The summed E-state index contributed by atoms with van der Waals surface area (Å²) in [5.74, 6) is -1.08. The van der Waals surface area contributed by atoms with Crippen LogP contribution in [0.4, 0.5) is 0 Å². The predicted molar refractivity (Wildman–Crippen MR) is 93.4 cm³/mol. The highest BCUT2D eigenvalue weighted by molar-refractivity contribution is 7.99. The molecule has 130 valence electrons. The van der Waals surface area contributed by atoms with E-state index < -0.39 is 5.95 Å². The Hall–Kier alpha value is -3.13. The lowest BCUT2D eigenvalue weighted by Gasteiger charge is -1.98. The van der Waals surface area contributed by atoms with Crippen molar-refractivity contribution < 1.29 is 19.1 Å². The Labute approximate surface area is 152 Å². The van der Waals surface area contributed by atoms with E-state index in [1.807, 2.05) is 43.3 Å². The van der Waals surface area contributed by atoms with Crippen molar-refractivity contribution in [2.24, 2.45) is 0 Å². The first-order chi connectivity index (χ1) is 12.6. The molecule has 0 aliphatic heterocycles. The van der Waals surface area contributed by atoms with Gasteiger partial charge >= 0.3 is 5.69 Å². The van der Waals surface area contributed by atoms with Gasteiger partial charge in [-0.2, -0.15) is 0 Å². The molecule has 26 heavy (non-hydrogen) atoms. The third-order valence-corrected chi connectivity index (χ3v) is 4.73. The predicted octanol–water partition coefficient (Wildman–Crippen LogP) is 2.18. The van der Waals surface area contributed by atoms with Gasteiger partial charge in [-0.25, -0.2) is 4.98 Å². The zero-order valence-corrected chi connectivity index (χ0v) is 14.6. The molecule has 7 nitrogen and oxygen atoms in total. The van der Waals surface area contributed by atoms with Crippen molar-refractivity contribution in [3.63, 3.8) is 0 Å². The van der Waals surface area contributed by atoms with Crippen LogP contribution in [0.15, 0.2) is 58.2 Å². The summed E-state index contributed by atoms with van der Waals surface area (Å²) >= 11 is 1.23. The molecule has 0 fully saturated rings. The number of aromatic nitrogens is 4. The molecule has 2 heterocycles. The van der Waals surface area contributed by atoms with Crippen molar-refractivity contribution in [2.75, 3.05) is 5.75 Å². The fourth-order valence-electron chi connectivity index (χ4n) is 2.54. The number of rotatable bonds is 5. The molecule has 0 saturated heterocycles. The van der Waals surface area contributed by atoms with Crippen LogP contribution in [0.25, 0.3) is 16.7 Å². The van der Waals surface area contributed by atoms with Crippen LogP contribution >= 0.6 is 11.8 Å². The minimum Gasteiger partial charge on any atom is -0.539 e. The topological polar surface area (TPSA) is 98.7 Å². The molecule has 2 aromatic heterocycles. The van der Waals surface area contributed by atoms with Crippen molar-refractivity contribution in [2.45, 2.75) is 12.1 Å². The van der Waals surface area contributed by atoms with Gasteiger partial charge in [0.15, 0.2) is 11.1 Å². The number of Topliss-reactive ketones (excluding diaryl/α,β-unsaturated/α-hetero) is 1. The number of benzene rings is 2. The summed E-state index contributed by atoms with van der Waals surface area (Å²) in [6, 6.07) is 14.9. The zero-order valence-electron chi connectivity index (χ0n) is 13.8. The van der Waals surface area contributed by atoms with E-state index in [0.29, 0.717) is 10.8 Å². The molecular formula is C18H14N4O3S. The van der Waals surface area contributed by atoms with Gasteiger partial charge in [-0.1, -0.05) is 41.6 Å². The lowest BCUT2D eigenvalue weighted by atomic mass is 10.2. The Morgan fingerprint density at radius 3 is 2.77 bits per heavy atom. The summed E-state index contributed by atoms with van der Waals surface area (Å²) in [6.45, 7) is 1.95. The monoisotopic (exact) mass is 366 g/mol. The number of ketones is 1. The minimum absolute atomic E-state index is 0.0438. The van der Waals surface area contributed by atoms with Crippen LogP contribution in [0.1, 0.15) is 16.1 Å². The van der Waals surface area contributed by atoms with Crippen LogP contribution in [0.2, 0.25) is 0 Å². The Bertz CT molecular complexity index is 1050. The number of thioether (sulfide) groups is 1. The first kappa shape index (κ1) is 16.3. The van der Waals surface area contributed by atoms with Gasteiger partial charge in [0, 0.05) is 12.1 Å². The molecule has 0 aliphatic rings. The molecule has 8 heteroatoms. The van der Waals surface area contributed by atoms with Crippen molar-refractivity contribution >= 4 is 28.6 Å². The summed E-state index contributed by atoms with van der Waals surface area (Å²) in [4.78, 5) is 20.1. The Kier molecular flexibility index (Phi) is 4.18. The lowest BCUT2D eigenvalue weighted by molar-refractivity contribution is -0.672. The van der Waals surface area contributed by atoms with E-state index >= 15 is 0 Å². The van der Waals surface area contributed by atoms with Gasteiger partial charge in [0.1, 0.15) is 0 Å². The van der Waals surface area contributed by atoms with Crippen molar-refractivity contribution in [1.82, 2.24) is 15.2 Å². The van der Waals surface area contributed by atoms with Gasteiger partial charge in [-0.3, -0.25) is 4.79 Å². The fraction of sp³-hybridized carbons (Fsp3) is 0.111. The van der Waals surface area contributed by atoms with Crippen molar-refractivity contribution in [1.29, 1.82) is 0 Å². The van der Waals surface area contributed by atoms with Crippen LogP contribution in [0.5, 0.6) is 5.95 Å². The number of fused-ring (bicyclic) bond motifs is 1. The number of nitrogens with zero attached hydrogens (tertiary/aromatic N) is 3. The number of hydrogen-bond acceptors (Lipinski definition) is 6. The summed E-state index contributed by atoms with van der Waals surface area (Å²) in [6.07, 6.45) is 0. The molecule has 0 radical (unpaired) electrons. The number of H-pyrrole nitrogens is 1. The molecule has 0 atom stereocenters. The second-order valence-corrected chi connectivity index (χ2v) is 6.69. The second-order valence-electron chi connectivity index (χ2n) is 5.73. The van der Waals surface area contributed by atoms with E-state index in [2.05, 4.69) is 15.2 Å². The normalized spacial score (nSPS) is 11.1. The van der Waals surface area contributed by atoms with Crippen LogP contribution < -0.4 is 9.79 Å². The molecular weight excluding hydrogens is 352 g/mol. The first-order valence-electron chi connectivity index (χ1n) is 7.88. The third-order valence-electron chi connectivity index (χ3n) is 3.86. The van der Waals surface area contributed by atoms with E-state index in [1.165, 1.54) is 16.4 Å². The molecule has 0 unspecified atom stereocenters. The highest BCUT2D eigenvalue weighted by atomic mass is 32.2. The number of carbonyl (C=O) groups excluding carboxylic acids is 1. The fourth-order valence-corrected chi connectivity index (χ4v) is 3.29. The third kappa shape index (κ3) is 3.06. The smallest absolute Gasteiger partial charge is 0.307 e. The Morgan fingerprint density at radius 2 is 2.00 bits per heavy atom. The van der Waals surface area contributed by atoms with E-state index in [0.717, 1.165) is 16.6 Å². The number of para-hydroxylation sites is 2. The molecule has 0 bridgehead atoms. The highest BCUT2D eigenvalue weighted by Crippen LogP contribution is 2.21. The van der Waals surface area contributed by atoms with E-state index in [1.54, 1.807) is 12.1 Å². The van der Waals surface area contributed by atoms with Crippen LogP contribution in [0, 0.1) is 6.92 Å². The maximum atomic E-state index is 12.6. The number of imidazole rings is 1. The molecule has 4 rings (SSSR count). The highest BCUT2D eigenvalue weighted by Gasteiger charge is 2.27. The van der Waals surface area contributed by atoms with Gasteiger partial charge in [-0.15, -0.1) is 0 Å².